The number of aromatic nitrogens is 1. The van der Waals surface area contributed by atoms with Gasteiger partial charge in [0, 0.05) is 18.3 Å². The van der Waals surface area contributed by atoms with E-state index in [0.717, 1.165) is 5.56 Å². The average molecular weight is 252 g/mol. The van der Waals surface area contributed by atoms with Crippen molar-refractivity contribution < 1.29 is 9.59 Å². The largest absolute Gasteiger partial charge is 0.369 e. The molecule has 18 heavy (non-hydrogen) atoms. The van der Waals surface area contributed by atoms with Gasteiger partial charge in [-0.3, -0.25) is 14.5 Å². The fraction of sp³-hybridized carbons (Fsp3) is 0.300. The van der Waals surface area contributed by atoms with Crippen molar-refractivity contribution in [3.63, 3.8) is 0 Å². The van der Waals surface area contributed by atoms with Crippen LogP contribution in [0.1, 0.15) is 5.56 Å². The molecule has 0 aliphatic heterocycles. The summed E-state index contributed by atoms with van der Waals surface area (Å²) < 4.78 is 0. The molecule has 0 spiro atoms. The van der Waals surface area contributed by atoms with Crippen LogP contribution in [0.3, 0.4) is 0 Å². The summed E-state index contributed by atoms with van der Waals surface area (Å²) in [6, 6.07) is 3.50. The fourth-order valence-electron chi connectivity index (χ4n) is 1.55. The van der Waals surface area contributed by atoms with Crippen molar-refractivity contribution in [2.24, 2.45) is 17.3 Å². The number of hydrogen-bond donors (Lipinski definition) is 4. The van der Waals surface area contributed by atoms with Crippen LogP contribution in [0.25, 0.3) is 0 Å². The summed E-state index contributed by atoms with van der Waals surface area (Å²) in [5.41, 5.74) is 13.4. The molecule has 7 N–H and O–H groups in total. The van der Waals surface area contributed by atoms with Crippen molar-refractivity contribution in [2.45, 2.75) is 6.54 Å². The van der Waals surface area contributed by atoms with Crippen molar-refractivity contribution in [3.8, 4) is 0 Å². The Morgan fingerprint density at radius 1 is 1.28 bits per heavy atom. The first-order chi connectivity index (χ1) is 8.52. The zero-order chi connectivity index (χ0) is 13.5. The van der Waals surface area contributed by atoms with Gasteiger partial charge in [-0.05, 0) is 6.07 Å². The molecule has 0 unspecified atom stereocenters. The van der Waals surface area contributed by atoms with Gasteiger partial charge in [-0.2, -0.15) is 0 Å². The topological polar surface area (TPSA) is 140 Å². The molecule has 0 aliphatic rings. The summed E-state index contributed by atoms with van der Waals surface area (Å²) in [6.45, 7) is 0.156. The highest BCUT2D eigenvalue weighted by Gasteiger charge is 2.13. The van der Waals surface area contributed by atoms with Crippen LogP contribution in [-0.2, 0) is 16.1 Å². The molecule has 0 bridgehead atoms. The molecule has 0 radical (unpaired) electrons. The van der Waals surface area contributed by atoms with Gasteiger partial charge in [-0.1, -0.05) is 6.07 Å². The van der Waals surface area contributed by atoms with Gasteiger partial charge in [0.25, 0.3) is 0 Å². The van der Waals surface area contributed by atoms with Crippen LogP contribution >= 0.6 is 0 Å². The Hall–Kier alpha value is -2.19. The highest BCUT2D eigenvalue weighted by atomic mass is 16.2. The Bertz CT molecular complexity index is 420. The average Bonchev–Trinajstić information content (AvgIpc) is 2.27. The van der Waals surface area contributed by atoms with E-state index in [4.69, 9.17) is 17.3 Å². The smallest absolute Gasteiger partial charge is 0.231 e. The van der Waals surface area contributed by atoms with Crippen molar-refractivity contribution in [1.29, 1.82) is 0 Å². The van der Waals surface area contributed by atoms with E-state index in [1.165, 1.54) is 4.90 Å². The number of nitrogen functional groups attached to an aromatic ring is 1. The second-order valence-corrected chi connectivity index (χ2v) is 3.73. The van der Waals surface area contributed by atoms with Gasteiger partial charge < -0.3 is 16.9 Å². The molecule has 1 aromatic heterocycles. The second-order valence-electron chi connectivity index (χ2n) is 3.73. The van der Waals surface area contributed by atoms with Gasteiger partial charge in [0.2, 0.25) is 11.8 Å². The number of nitrogens with zero attached hydrogens (tertiary/aromatic N) is 2. The molecular weight excluding hydrogens is 236 g/mol. The molecule has 0 fully saturated rings. The van der Waals surface area contributed by atoms with Crippen molar-refractivity contribution in [1.82, 2.24) is 9.88 Å². The predicted molar refractivity (Wildman–Crippen MR) is 65.7 cm³/mol. The monoisotopic (exact) mass is 252 g/mol. The lowest BCUT2D eigenvalue weighted by atomic mass is 10.2. The minimum absolute atomic E-state index is 0.0676. The summed E-state index contributed by atoms with van der Waals surface area (Å²) in [5, 5.41) is 0. The number of hydrogen-bond acceptors (Lipinski definition) is 6. The predicted octanol–water partition coefficient (Wildman–Crippen LogP) is -1.86. The molecule has 8 nitrogen and oxygen atoms in total. The zero-order valence-corrected chi connectivity index (χ0v) is 9.80. The number of anilines is 1. The Morgan fingerprint density at radius 2 is 1.89 bits per heavy atom. The SMILES string of the molecule is NNc1ncccc1CN(CC(N)=O)CC(N)=O. The number of amides is 2. The highest BCUT2D eigenvalue weighted by molar-refractivity contribution is 5.79. The van der Waals surface area contributed by atoms with Crippen LogP contribution in [0.4, 0.5) is 5.82 Å². The zero-order valence-electron chi connectivity index (χ0n) is 9.80. The van der Waals surface area contributed by atoms with Crippen LogP contribution in [0.2, 0.25) is 0 Å². The lowest BCUT2D eigenvalue weighted by molar-refractivity contribution is -0.122. The molecule has 1 rings (SSSR count). The van der Waals surface area contributed by atoms with Gasteiger partial charge in [0.1, 0.15) is 5.82 Å². The van der Waals surface area contributed by atoms with E-state index in [9.17, 15) is 9.59 Å². The Kier molecular flexibility index (Phi) is 5.03. The number of nitrogens with two attached hydrogens (primary N) is 3. The molecule has 1 aromatic rings. The third-order valence-electron chi connectivity index (χ3n) is 2.18. The molecule has 0 atom stereocenters. The second kappa shape index (κ2) is 6.52. The minimum atomic E-state index is -0.539. The van der Waals surface area contributed by atoms with Crippen molar-refractivity contribution >= 4 is 17.6 Å². The lowest BCUT2D eigenvalue weighted by Crippen LogP contribution is -2.39. The van der Waals surface area contributed by atoms with Crippen LogP contribution in [0, 0.1) is 0 Å². The van der Waals surface area contributed by atoms with Gasteiger partial charge >= 0.3 is 0 Å². The molecule has 1 heterocycles. The molecule has 2 amide bonds. The maximum atomic E-state index is 10.9. The van der Waals surface area contributed by atoms with Crippen molar-refractivity contribution in [3.05, 3.63) is 23.9 Å². The van der Waals surface area contributed by atoms with Crippen LogP contribution in [0.15, 0.2) is 18.3 Å². The molecule has 0 saturated carbocycles. The molecule has 0 aromatic carbocycles. The van der Waals surface area contributed by atoms with Gasteiger partial charge in [0.15, 0.2) is 0 Å². The van der Waals surface area contributed by atoms with Gasteiger partial charge in [-0.15, -0.1) is 0 Å². The Labute approximate surface area is 104 Å². The summed E-state index contributed by atoms with van der Waals surface area (Å²) in [6.07, 6.45) is 1.57. The Morgan fingerprint density at radius 3 is 2.39 bits per heavy atom. The van der Waals surface area contributed by atoms with Crippen LogP contribution < -0.4 is 22.7 Å². The third kappa shape index (κ3) is 4.36. The molecule has 98 valence electrons. The number of primary amides is 2. The van der Waals surface area contributed by atoms with E-state index in [2.05, 4.69) is 10.4 Å². The Balaban J connectivity index is 2.81. The highest BCUT2D eigenvalue weighted by Crippen LogP contribution is 2.12. The first-order valence-corrected chi connectivity index (χ1v) is 5.22. The van der Waals surface area contributed by atoms with E-state index >= 15 is 0 Å². The number of pyridine rings is 1. The molecular formula is C10H16N6O2. The normalized spacial score (nSPS) is 10.3. The van der Waals surface area contributed by atoms with Gasteiger partial charge in [-0.25, -0.2) is 10.8 Å². The van der Waals surface area contributed by atoms with E-state index < -0.39 is 11.8 Å². The summed E-state index contributed by atoms with van der Waals surface area (Å²) in [7, 11) is 0. The first-order valence-electron chi connectivity index (χ1n) is 5.22. The standard InChI is InChI=1S/C10H16N6O2/c11-8(17)5-16(6-9(12)18)4-7-2-1-3-14-10(7)15-13/h1-3H,4-6,13H2,(H2,11,17)(H2,12,18)(H,14,15). The molecule has 0 saturated heterocycles. The first kappa shape index (κ1) is 13.9. The number of carbonyl (C=O) groups excluding carboxylic acids is 2. The molecule has 8 heteroatoms. The summed E-state index contributed by atoms with van der Waals surface area (Å²) in [5.74, 6) is 4.70. The van der Waals surface area contributed by atoms with Crippen molar-refractivity contribution in [2.75, 3.05) is 18.5 Å². The molecule has 0 aliphatic carbocycles. The number of rotatable bonds is 7. The minimum Gasteiger partial charge on any atom is -0.369 e. The van der Waals surface area contributed by atoms with Gasteiger partial charge in [0.05, 0.1) is 13.1 Å². The lowest BCUT2D eigenvalue weighted by Gasteiger charge is -2.19. The van der Waals surface area contributed by atoms with Crippen LogP contribution in [-0.4, -0.2) is 34.8 Å². The van der Waals surface area contributed by atoms with E-state index in [1.54, 1.807) is 18.3 Å². The number of nitrogens with one attached hydrogen (secondary N) is 1. The maximum absolute atomic E-state index is 10.9. The van der Waals surface area contributed by atoms with Crippen LogP contribution in [0.5, 0.6) is 0 Å². The third-order valence-corrected chi connectivity index (χ3v) is 2.18. The number of hydrazine groups is 1. The fourth-order valence-corrected chi connectivity index (χ4v) is 1.55. The number of carbonyl (C=O) groups is 2. The quantitative estimate of drug-likeness (QED) is 0.331. The summed E-state index contributed by atoms with van der Waals surface area (Å²) in [4.78, 5) is 27.3. The van der Waals surface area contributed by atoms with E-state index in [0.29, 0.717) is 12.4 Å². The van der Waals surface area contributed by atoms with E-state index in [-0.39, 0.29) is 13.1 Å². The summed E-state index contributed by atoms with van der Waals surface area (Å²) >= 11 is 0. The maximum Gasteiger partial charge on any atom is 0.231 e. The van der Waals surface area contributed by atoms with E-state index in [1.807, 2.05) is 0 Å².